The number of nitrogens with one attached hydrogen (secondary N) is 1. The predicted molar refractivity (Wildman–Crippen MR) is 65.1 cm³/mol. The van der Waals surface area contributed by atoms with Crippen molar-refractivity contribution in [3.8, 4) is 0 Å². The van der Waals surface area contributed by atoms with Crippen LogP contribution in [-0.2, 0) is 19.6 Å². The second-order valence-corrected chi connectivity index (χ2v) is 4.72. The van der Waals surface area contributed by atoms with E-state index in [-0.39, 0.29) is 19.8 Å². The quantitative estimate of drug-likeness (QED) is 0.398. The lowest BCUT2D eigenvalue weighted by Crippen LogP contribution is -2.38. The van der Waals surface area contributed by atoms with Gasteiger partial charge in [-0.2, -0.15) is 0 Å². The Morgan fingerprint density at radius 2 is 1.89 bits per heavy atom. The number of aliphatic hydroxyl groups excluding tert-OH is 4. The van der Waals surface area contributed by atoms with Crippen molar-refractivity contribution in [2.45, 2.75) is 50.8 Å². The van der Waals surface area contributed by atoms with Crippen molar-refractivity contribution >= 4 is 0 Å². The molecule has 0 aromatic carbocycles. The summed E-state index contributed by atoms with van der Waals surface area (Å²) in [5, 5.41) is 48.9. The predicted octanol–water partition coefficient (Wildman–Crippen LogP) is -2.61. The first-order valence-corrected chi connectivity index (χ1v) is 6.37. The molecule has 8 heteroatoms. The SMILES string of the molecule is CCc1nnn(C[C@H]2N[C@H](CO)[C@@H](O)[C@@H]2O)c1CO. The molecule has 1 aliphatic heterocycles. The highest BCUT2D eigenvalue weighted by atomic mass is 16.3. The number of hydrogen-bond donors (Lipinski definition) is 5. The summed E-state index contributed by atoms with van der Waals surface area (Å²) in [7, 11) is 0. The molecule has 0 bridgehead atoms. The summed E-state index contributed by atoms with van der Waals surface area (Å²) in [6.07, 6.45) is -1.34. The molecule has 1 saturated heterocycles. The Morgan fingerprint density at radius 3 is 2.42 bits per heavy atom. The van der Waals surface area contributed by atoms with E-state index in [2.05, 4.69) is 15.6 Å². The number of aryl methyl sites for hydroxylation is 1. The van der Waals surface area contributed by atoms with Crippen molar-refractivity contribution in [1.29, 1.82) is 0 Å². The van der Waals surface area contributed by atoms with Crippen LogP contribution in [0.3, 0.4) is 0 Å². The minimum absolute atomic E-state index is 0.176. The molecule has 8 nitrogen and oxygen atoms in total. The van der Waals surface area contributed by atoms with Crippen LogP contribution < -0.4 is 5.32 Å². The lowest BCUT2D eigenvalue weighted by Gasteiger charge is -2.16. The summed E-state index contributed by atoms with van der Waals surface area (Å²) in [6.45, 7) is 1.77. The summed E-state index contributed by atoms with van der Waals surface area (Å²) < 4.78 is 1.52. The van der Waals surface area contributed by atoms with Crippen molar-refractivity contribution in [3.63, 3.8) is 0 Å². The Hall–Kier alpha value is -1.06. The Kier molecular flexibility index (Phi) is 4.48. The first-order chi connectivity index (χ1) is 9.12. The maximum Gasteiger partial charge on any atom is 0.0990 e. The van der Waals surface area contributed by atoms with Crippen LogP contribution in [-0.4, -0.2) is 66.3 Å². The second-order valence-electron chi connectivity index (χ2n) is 4.72. The monoisotopic (exact) mass is 272 g/mol. The van der Waals surface area contributed by atoms with Gasteiger partial charge in [0, 0.05) is 0 Å². The van der Waals surface area contributed by atoms with E-state index in [0.717, 1.165) is 0 Å². The maximum atomic E-state index is 9.90. The summed E-state index contributed by atoms with van der Waals surface area (Å²) in [6, 6.07) is -0.990. The molecular formula is C11H20N4O4. The van der Waals surface area contributed by atoms with Gasteiger partial charge in [0.1, 0.15) is 0 Å². The van der Waals surface area contributed by atoms with Gasteiger partial charge in [-0.1, -0.05) is 12.1 Å². The van der Waals surface area contributed by atoms with Gasteiger partial charge in [0.25, 0.3) is 0 Å². The molecule has 4 atom stereocenters. The first-order valence-electron chi connectivity index (χ1n) is 6.37. The molecule has 2 heterocycles. The molecule has 1 aromatic rings. The smallest absolute Gasteiger partial charge is 0.0990 e. The van der Waals surface area contributed by atoms with Gasteiger partial charge in [-0.3, -0.25) is 0 Å². The first kappa shape index (κ1) is 14.4. The molecule has 1 fully saturated rings. The van der Waals surface area contributed by atoms with Crippen LogP contribution in [0.15, 0.2) is 0 Å². The van der Waals surface area contributed by atoms with Crippen LogP contribution in [0.1, 0.15) is 18.3 Å². The molecule has 0 aliphatic carbocycles. The van der Waals surface area contributed by atoms with E-state index in [4.69, 9.17) is 5.11 Å². The maximum absolute atomic E-state index is 9.90. The molecule has 1 aliphatic rings. The van der Waals surface area contributed by atoms with Crippen LogP contribution in [0, 0.1) is 0 Å². The van der Waals surface area contributed by atoms with Crippen LogP contribution >= 0.6 is 0 Å². The van der Waals surface area contributed by atoms with Gasteiger partial charge >= 0.3 is 0 Å². The zero-order valence-corrected chi connectivity index (χ0v) is 10.8. The Labute approximate surface area is 110 Å². The summed E-state index contributed by atoms with van der Waals surface area (Å²) in [5.74, 6) is 0. The minimum Gasteiger partial charge on any atom is -0.395 e. The number of rotatable bonds is 5. The lowest BCUT2D eigenvalue weighted by atomic mass is 10.1. The third-order valence-electron chi connectivity index (χ3n) is 3.57. The Balaban J connectivity index is 2.11. The molecule has 0 unspecified atom stereocenters. The summed E-state index contributed by atoms with van der Waals surface area (Å²) in [4.78, 5) is 0. The van der Waals surface area contributed by atoms with Crippen molar-refractivity contribution in [3.05, 3.63) is 11.4 Å². The third kappa shape index (κ3) is 2.63. The number of hydrogen-bond acceptors (Lipinski definition) is 7. The fraction of sp³-hybridized carbons (Fsp3) is 0.818. The second kappa shape index (κ2) is 5.93. The molecular weight excluding hydrogens is 252 g/mol. The highest BCUT2D eigenvalue weighted by Gasteiger charge is 2.41. The van der Waals surface area contributed by atoms with Crippen molar-refractivity contribution in [2.75, 3.05) is 6.61 Å². The molecule has 0 radical (unpaired) electrons. The van der Waals surface area contributed by atoms with Crippen molar-refractivity contribution in [1.82, 2.24) is 20.3 Å². The van der Waals surface area contributed by atoms with Gasteiger partial charge in [0.05, 0.1) is 55.4 Å². The molecule has 108 valence electrons. The van der Waals surface area contributed by atoms with Crippen molar-refractivity contribution < 1.29 is 20.4 Å². The largest absolute Gasteiger partial charge is 0.395 e. The fourth-order valence-electron chi connectivity index (χ4n) is 2.42. The number of nitrogens with zero attached hydrogens (tertiary/aromatic N) is 3. The average molecular weight is 272 g/mol. The minimum atomic E-state index is -1.01. The van der Waals surface area contributed by atoms with Crippen molar-refractivity contribution in [2.24, 2.45) is 0 Å². The Morgan fingerprint density at radius 1 is 1.21 bits per heavy atom. The van der Waals surface area contributed by atoms with Gasteiger partial charge in [-0.05, 0) is 6.42 Å². The Bertz CT molecular complexity index is 425. The molecule has 1 aromatic heterocycles. The highest BCUT2D eigenvalue weighted by Crippen LogP contribution is 2.17. The van der Waals surface area contributed by atoms with Gasteiger partial charge in [0.15, 0.2) is 0 Å². The molecule has 19 heavy (non-hydrogen) atoms. The third-order valence-corrected chi connectivity index (χ3v) is 3.57. The van der Waals surface area contributed by atoms with E-state index >= 15 is 0 Å². The van der Waals surface area contributed by atoms with E-state index < -0.39 is 24.3 Å². The van der Waals surface area contributed by atoms with E-state index in [1.54, 1.807) is 0 Å². The molecule has 0 amide bonds. The molecule has 0 saturated carbocycles. The number of aliphatic hydroxyl groups is 4. The van der Waals surface area contributed by atoms with Crippen LogP contribution in [0.2, 0.25) is 0 Å². The topological polar surface area (TPSA) is 124 Å². The van der Waals surface area contributed by atoms with Gasteiger partial charge in [-0.15, -0.1) is 5.10 Å². The van der Waals surface area contributed by atoms with Gasteiger partial charge < -0.3 is 25.7 Å². The standard InChI is InChI=1S/C11H20N4O4/c1-2-6-9(5-17)15(14-13-6)3-7-10(18)11(19)8(4-16)12-7/h7-8,10-12,16-19H,2-5H2,1H3/t7-,8-,10-,11-/m1/s1. The van der Waals surface area contributed by atoms with E-state index in [9.17, 15) is 15.3 Å². The number of aromatic nitrogens is 3. The zero-order chi connectivity index (χ0) is 14.0. The molecule has 5 N–H and O–H groups in total. The van der Waals surface area contributed by atoms with E-state index in [1.807, 2.05) is 6.92 Å². The molecule has 0 spiro atoms. The molecule has 2 rings (SSSR count). The normalized spacial score (nSPS) is 31.0. The summed E-state index contributed by atoms with van der Waals surface area (Å²) in [5.41, 5.74) is 1.33. The zero-order valence-electron chi connectivity index (χ0n) is 10.8. The fourth-order valence-corrected chi connectivity index (χ4v) is 2.42. The van der Waals surface area contributed by atoms with Gasteiger partial charge in [-0.25, -0.2) is 4.68 Å². The average Bonchev–Trinajstić information content (AvgIpc) is 2.94. The van der Waals surface area contributed by atoms with E-state index in [0.29, 0.717) is 17.8 Å². The van der Waals surface area contributed by atoms with E-state index in [1.165, 1.54) is 4.68 Å². The van der Waals surface area contributed by atoms with Crippen LogP contribution in [0.25, 0.3) is 0 Å². The van der Waals surface area contributed by atoms with Crippen LogP contribution in [0.4, 0.5) is 0 Å². The van der Waals surface area contributed by atoms with Gasteiger partial charge in [0.2, 0.25) is 0 Å². The highest BCUT2D eigenvalue weighted by molar-refractivity contribution is 5.09. The summed E-state index contributed by atoms with van der Waals surface area (Å²) >= 11 is 0. The van der Waals surface area contributed by atoms with Crippen LogP contribution in [0.5, 0.6) is 0 Å². The lowest BCUT2D eigenvalue weighted by molar-refractivity contribution is 0.0173.